The molecule has 0 unspecified atom stereocenters. The fraction of sp³-hybridized carbons (Fsp3) is 0.350. The van der Waals surface area contributed by atoms with E-state index in [4.69, 9.17) is 16.3 Å². The Kier molecular flexibility index (Phi) is 6.57. The fourth-order valence-electron chi connectivity index (χ4n) is 3.19. The molecule has 0 bridgehead atoms. The van der Waals surface area contributed by atoms with Crippen LogP contribution in [0.2, 0.25) is 5.02 Å². The van der Waals surface area contributed by atoms with Gasteiger partial charge in [-0.2, -0.15) is 0 Å². The van der Waals surface area contributed by atoms with Gasteiger partial charge in [0, 0.05) is 22.6 Å². The maximum Gasteiger partial charge on any atom is 0.260 e. The highest BCUT2D eigenvalue weighted by atomic mass is 79.9. The lowest BCUT2D eigenvalue weighted by atomic mass is 9.87. The van der Waals surface area contributed by atoms with Crippen LogP contribution < -0.4 is 4.74 Å². The molecule has 6 heteroatoms. The summed E-state index contributed by atoms with van der Waals surface area (Å²) >= 11 is 9.28. The van der Waals surface area contributed by atoms with E-state index >= 15 is 0 Å². The van der Waals surface area contributed by atoms with Crippen molar-refractivity contribution in [3.8, 4) is 5.75 Å². The van der Waals surface area contributed by atoms with Crippen LogP contribution in [-0.2, 0) is 4.79 Å². The van der Waals surface area contributed by atoms with Crippen LogP contribution in [0, 0.1) is 5.92 Å². The number of likely N-dealkylation sites (tertiary alicyclic amines) is 1. The first-order chi connectivity index (χ1) is 12.5. The van der Waals surface area contributed by atoms with Crippen molar-refractivity contribution in [2.45, 2.75) is 18.9 Å². The summed E-state index contributed by atoms with van der Waals surface area (Å²) in [5, 5.41) is 11.2. The van der Waals surface area contributed by atoms with Gasteiger partial charge in [-0.05, 0) is 54.7 Å². The predicted molar refractivity (Wildman–Crippen MR) is 105 cm³/mol. The van der Waals surface area contributed by atoms with Gasteiger partial charge in [0.1, 0.15) is 5.75 Å². The number of aliphatic hydroxyl groups is 1. The van der Waals surface area contributed by atoms with Crippen molar-refractivity contribution in [3.05, 3.63) is 63.6 Å². The first kappa shape index (κ1) is 19.2. The van der Waals surface area contributed by atoms with Gasteiger partial charge in [0.05, 0.1) is 6.10 Å². The normalized spacial score (nSPS) is 16.3. The number of carbonyl (C=O) groups excluding carboxylic acids is 1. The van der Waals surface area contributed by atoms with Gasteiger partial charge in [-0.3, -0.25) is 4.79 Å². The molecule has 3 rings (SSSR count). The number of rotatable bonds is 5. The number of hydrogen-bond donors (Lipinski definition) is 1. The van der Waals surface area contributed by atoms with Gasteiger partial charge in [-0.15, -0.1) is 0 Å². The van der Waals surface area contributed by atoms with Crippen molar-refractivity contribution in [3.63, 3.8) is 0 Å². The smallest absolute Gasteiger partial charge is 0.260 e. The second-order valence-electron chi connectivity index (χ2n) is 6.46. The minimum Gasteiger partial charge on any atom is -0.484 e. The molecule has 1 aliphatic rings. The maximum atomic E-state index is 12.4. The third kappa shape index (κ3) is 5.00. The number of aliphatic hydroxyl groups excluding tert-OH is 1. The number of hydrogen-bond acceptors (Lipinski definition) is 3. The summed E-state index contributed by atoms with van der Waals surface area (Å²) in [6.07, 6.45) is 1.01. The SMILES string of the molecule is O=C(COc1cccc(Br)c1)N1CCC([C@@H](O)c2ccc(Cl)cc2)CC1. The predicted octanol–water partition coefficient (Wildman–Crippen LogP) is 4.45. The van der Waals surface area contributed by atoms with Gasteiger partial charge in [0.2, 0.25) is 0 Å². The molecule has 2 aromatic carbocycles. The zero-order valence-electron chi connectivity index (χ0n) is 14.3. The number of nitrogens with zero attached hydrogens (tertiary/aromatic N) is 1. The number of piperidine rings is 1. The molecule has 0 saturated carbocycles. The van der Waals surface area contributed by atoms with Crippen molar-refractivity contribution in [1.82, 2.24) is 4.90 Å². The fourth-order valence-corrected chi connectivity index (χ4v) is 3.69. The zero-order chi connectivity index (χ0) is 18.5. The Morgan fingerprint density at radius 3 is 2.58 bits per heavy atom. The molecule has 0 radical (unpaired) electrons. The molecule has 0 spiro atoms. The molecule has 0 aromatic heterocycles. The highest BCUT2D eigenvalue weighted by molar-refractivity contribution is 9.10. The average Bonchev–Trinajstić information content (AvgIpc) is 2.66. The van der Waals surface area contributed by atoms with Gasteiger partial charge in [0.25, 0.3) is 5.91 Å². The Balaban J connectivity index is 1.48. The maximum absolute atomic E-state index is 12.4. The summed E-state index contributed by atoms with van der Waals surface area (Å²) in [6.45, 7) is 1.30. The molecule has 1 heterocycles. The van der Waals surface area contributed by atoms with E-state index in [0.29, 0.717) is 23.9 Å². The molecule has 4 nitrogen and oxygen atoms in total. The summed E-state index contributed by atoms with van der Waals surface area (Å²) in [5.74, 6) is 0.788. The number of carbonyl (C=O) groups is 1. The molecular weight excluding hydrogens is 418 g/mol. The molecule has 1 saturated heterocycles. The summed E-state index contributed by atoms with van der Waals surface area (Å²) in [4.78, 5) is 14.2. The van der Waals surface area contributed by atoms with Crippen LogP contribution in [0.1, 0.15) is 24.5 Å². The van der Waals surface area contributed by atoms with Gasteiger partial charge < -0.3 is 14.7 Å². The third-order valence-corrected chi connectivity index (χ3v) is 5.45. The van der Waals surface area contributed by atoms with Gasteiger partial charge in [0.15, 0.2) is 6.61 Å². The number of benzene rings is 2. The molecule has 1 aliphatic heterocycles. The monoisotopic (exact) mass is 437 g/mol. The summed E-state index contributed by atoms with van der Waals surface area (Å²) in [6, 6.07) is 14.7. The van der Waals surface area contributed by atoms with E-state index in [9.17, 15) is 9.90 Å². The van der Waals surface area contributed by atoms with Crippen LogP contribution in [-0.4, -0.2) is 35.6 Å². The number of amides is 1. The van der Waals surface area contributed by atoms with Crippen LogP contribution >= 0.6 is 27.5 Å². The molecular formula is C20H21BrClNO3. The molecule has 2 aromatic rings. The Labute approximate surface area is 166 Å². The van der Waals surface area contributed by atoms with Crippen LogP contribution in [0.3, 0.4) is 0 Å². The molecule has 1 amide bonds. The Hall–Kier alpha value is -1.56. The van der Waals surface area contributed by atoms with E-state index in [0.717, 1.165) is 22.9 Å². The van der Waals surface area contributed by atoms with E-state index in [2.05, 4.69) is 15.9 Å². The van der Waals surface area contributed by atoms with Gasteiger partial charge >= 0.3 is 0 Å². The molecule has 26 heavy (non-hydrogen) atoms. The molecule has 1 N–H and O–H groups in total. The summed E-state index contributed by atoms with van der Waals surface area (Å²) in [7, 11) is 0. The standard InChI is InChI=1S/C20H21BrClNO3/c21-16-2-1-3-18(12-16)26-13-19(24)23-10-8-15(9-11-23)20(25)14-4-6-17(22)7-5-14/h1-7,12,15,20,25H,8-11,13H2/t20-/m0/s1. The molecule has 138 valence electrons. The Bertz CT molecular complexity index is 745. The summed E-state index contributed by atoms with van der Waals surface area (Å²) in [5.41, 5.74) is 0.872. The van der Waals surface area contributed by atoms with Crippen molar-refractivity contribution in [1.29, 1.82) is 0 Å². The van der Waals surface area contributed by atoms with Crippen molar-refractivity contribution in [2.24, 2.45) is 5.92 Å². The van der Waals surface area contributed by atoms with Crippen LogP contribution in [0.15, 0.2) is 53.0 Å². The Morgan fingerprint density at radius 2 is 1.92 bits per heavy atom. The van der Waals surface area contributed by atoms with Gasteiger partial charge in [-0.25, -0.2) is 0 Å². The number of ether oxygens (including phenoxy) is 1. The van der Waals surface area contributed by atoms with E-state index in [-0.39, 0.29) is 18.4 Å². The quantitative estimate of drug-likeness (QED) is 0.750. The first-order valence-corrected chi connectivity index (χ1v) is 9.79. The van der Waals surface area contributed by atoms with Crippen molar-refractivity contribution >= 4 is 33.4 Å². The molecule has 0 aliphatic carbocycles. The lowest BCUT2D eigenvalue weighted by molar-refractivity contribution is -0.135. The largest absolute Gasteiger partial charge is 0.484 e. The second kappa shape index (κ2) is 8.89. The summed E-state index contributed by atoms with van der Waals surface area (Å²) < 4.78 is 6.49. The molecule has 1 atom stereocenters. The van der Waals surface area contributed by atoms with Crippen LogP contribution in [0.4, 0.5) is 0 Å². The van der Waals surface area contributed by atoms with Crippen molar-refractivity contribution in [2.75, 3.05) is 19.7 Å². The lowest BCUT2D eigenvalue weighted by Crippen LogP contribution is -2.42. The molecule has 1 fully saturated rings. The lowest BCUT2D eigenvalue weighted by Gasteiger charge is -2.34. The van der Waals surface area contributed by atoms with E-state index < -0.39 is 6.10 Å². The van der Waals surface area contributed by atoms with E-state index in [1.54, 1.807) is 12.1 Å². The Morgan fingerprint density at radius 1 is 1.23 bits per heavy atom. The minimum absolute atomic E-state index is 0.0237. The minimum atomic E-state index is -0.526. The topological polar surface area (TPSA) is 49.8 Å². The highest BCUT2D eigenvalue weighted by Gasteiger charge is 2.28. The van der Waals surface area contributed by atoms with E-state index in [1.165, 1.54) is 0 Å². The zero-order valence-corrected chi connectivity index (χ0v) is 16.6. The van der Waals surface area contributed by atoms with Crippen molar-refractivity contribution < 1.29 is 14.6 Å². The van der Waals surface area contributed by atoms with Crippen LogP contribution in [0.5, 0.6) is 5.75 Å². The van der Waals surface area contributed by atoms with Gasteiger partial charge in [-0.1, -0.05) is 45.7 Å². The first-order valence-electron chi connectivity index (χ1n) is 8.62. The van der Waals surface area contributed by atoms with E-state index in [1.807, 2.05) is 41.3 Å². The average molecular weight is 439 g/mol. The van der Waals surface area contributed by atoms with Crippen LogP contribution in [0.25, 0.3) is 0 Å². The highest BCUT2D eigenvalue weighted by Crippen LogP contribution is 2.31. The third-order valence-electron chi connectivity index (χ3n) is 4.71. The second-order valence-corrected chi connectivity index (χ2v) is 7.81. The number of halogens is 2.